The Labute approximate surface area is 147 Å². The number of hydrogen-bond donors (Lipinski definition) is 1. The summed E-state index contributed by atoms with van der Waals surface area (Å²) in [6.45, 7) is 3.69. The molecule has 0 aliphatic carbocycles. The van der Waals surface area contributed by atoms with Gasteiger partial charge in [0, 0.05) is 13.5 Å². The zero-order chi connectivity index (χ0) is 17.0. The Morgan fingerprint density at radius 3 is 2.71 bits per heavy atom. The van der Waals surface area contributed by atoms with Crippen LogP contribution < -0.4 is 5.32 Å². The topological polar surface area (TPSA) is 32.3 Å². The molecule has 136 valence electrons. The number of carbonyl (C=O) groups excluding carboxylic acids is 1. The molecular formula is C17H24ClF3N2O. The molecule has 1 aliphatic heterocycles. The molecule has 1 aromatic rings. The average Bonchev–Trinajstić information content (AvgIpc) is 3.04. The lowest BCUT2D eigenvalue weighted by molar-refractivity contribution is -0.137. The quantitative estimate of drug-likeness (QED) is 0.855. The van der Waals surface area contributed by atoms with Crippen molar-refractivity contribution in [3.8, 4) is 0 Å². The highest BCUT2D eigenvalue weighted by Crippen LogP contribution is 2.31. The van der Waals surface area contributed by atoms with Crippen molar-refractivity contribution in [3.63, 3.8) is 0 Å². The second-order valence-electron chi connectivity index (χ2n) is 6.20. The highest BCUT2D eigenvalue weighted by Gasteiger charge is 2.31. The maximum Gasteiger partial charge on any atom is 0.416 e. The van der Waals surface area contributed by atoms with Crippen LogP contribution in [-0.4, -0.2) is 30.9 Å². The Balaban J connectivity index is 0.00000288. The van der Waals surface area contributed by atoms with Gasteiger partial charge >= 0.3 is 6.18 Å². The van der Waals surface area contributed by atoms with Gasteiger partial charge in [0.1, 0.15) is 0 Å². The smallest absolute Gasteiger partial charge is 0.339 e. The van der Waals surface area contributed by atoms with E-state index in [9.17, 15) is 18.0 Å². The maximum atomic E-state index is 12.8. The van der Waals surface area contributed by atoms with Crippen molar-refractivity contribution < 1.29 is 18.0 Å². The molecule has 24 heavy (non-hydrogen) atoms. The van der Waals surface area contributed by atoms with Gasteiger partial charge in [-0.15, -0.1) is 12.4 Å². The molecule has 1 N–H and O–H groups in total. The summed E-state index contributed by atoms with van der Waals surface area (Å²) < 4.78 is 38.4. The molecule has 2 atom stereocenters. The number of rotatable bonds is 5. The molecule has 1 aliphatic rings. The third kappa shape index (κ3) is 5.38. The molecule has 2 rings (SSSR count). The molecule has 0 saturated carbocycles. The standard InChI is InChI=1S/C17H23F3N2O.ClH/c1-12(14-4-3-5-15(10-14)17(18,19)20)22(2)16(23)7-6-13-8-9-21-11-13;/h3-5,10,12-13,21H,6-9,11H2,1-2H3;1H. The van der Waals surface area contributed by atoms with Crippen molar-refractivity contribution in [3.05, 3.63) is 35.4 Å². The normalized spacial score (nSPS) is 18.8. The Morgan fingerprint density at radius 2 is 2.12 bits per heavy atom. The van der Waals surface area contributed by atoms with Crippen LogP contribution in [0.3, 0.4) is 0 Å². The molecule has 0 radical (unpaired) electrons. The summed E-state index contributed by atoms with van der Waals surface area (Å²) in [7, 11) is 1.65. The largest absolute Gasteiger partial charge is 0.416 e. The molecule has 1 amide bonds. The zero-order valence-electron chi connectivity index (χ0n) is 13.9. The lowest BCUT2D eigenvalue weighted by Crippen LogP contribution is -2.30. The Bertz CT molecular complexity index is 545. The van der Waals surface area contributed by atoms with Crippen LogP contribution in [0.5, 0.6) is 0 Å². The van der Waals surface area contributed by atoms with Crippen LogP contribution in [0.1, 0.15) is 43.4 Å². The summed E-state index contributed by atoms with van der Waals surface area (Å²) >= 11 is 0. The Morgan fingerprint density at radius 1 is 1.42 bits per heavy atom. The van der Waals surface area contributed by atoms with E-state index in [0.717, 1.165) is 38.1 Å². The maximum absolute atomic E-state index is 12.8. The van der Waals surface area contributed by atoms with Gasteiger partial charge in [-0.2, -0.15) is 13.2 Å². The number of nitrogens with zero attached hydrogens (tertiary/aromatic N) is 1. The molecule has 0 spiro atoms. The van der Waals surface area contributed by atoms with Gasteiger partial charge in [0.2, 0.25) is 5.91 Å². The third-order valence-corrected chi connectivity index (χ3v) is 4.60. The van der Waals surface area contributed by atoms with Gasteiger partial charge in [-0.1, -0.05) is 12.1 Å². The lowest BCUT2D eigenvalue weighted by Gasteiger charge is -2.26. The van der Waals surface area contributed by atoms with Crippen molar-refractivity contribution in [1.29, 1.82) is 0 Å². The van der Waals surface area contributed by atoms with Crippen LogP contribution >= 0.6 is 12.4 Å². The number of alkyl halides is 3. The van der Waals surface area contributed by atoms with Crippen molar-refractivity contribution in [2.45, 2.75) is 38.4 Å². The molecule has 0 aromatic heterocycles. The molecule has 7 heteroatoms. The molecule has 0 bridgehead atoms. The molecule has 3 nitrogen and oxygen atoms in total. The van der Waals surface area contributed by atoms with Crippen LogP contribution in [0, 0.1) is 5.92 Å². The van der Waals surface area contributed by atoms with Gasteiger partial charge in [-0.25, -0.2) is 0 Å². The molecule has 2 unspecified atom stereocenters. The highest BCUT2D eigenvalue weighted by molar-refractivity contribution is 5.85. The number of nitrogens with one attached hydrogen (secondary N) is 1. The van der Waals surface area contributed by atoms with E-state index in [0.29, 0.717) is 17.9 Å². The molecule has 1 heterocycles. The van der Waals surface area contributed by atoms with E-state index in [1.165, 1.54) is 11.0 Å². The first kappa shape index (κ1) is 20.8. The van der Waals surface area contributed by atoms with Gasteiger partial charge in [0.15, 0.2) is 0 Å². The Kier molecular flexibility index (Phi) is 7.55. The Hall–Kier alpha value is -1.27. The summed E-state index contributed by atoms with van der Waals surface area (Å²) in [6.07, 6.45) is -2.02. The van der Waals surface area contributed by atoms with Gasteiger partial charge < -0.3 is 10.2 Å². The number of amides is 1. The summed E-state index contributed by atoms with van der Waals surface area (Å²) in [5.41, 5.74) is -0.182. The first-order valence-electron chi connectivity index (χ1n) is 7.92. The predicted octanol–water partition coefficient (Wildman–Crippen LogP) is 4.04. The van der Waals surface area contributed by atoms with Crippen molar-refractivity contribution in [2.24, 2.45) is 5.92 Å². The monoisotopic (exact) mass is 364 g/mol. The van der Waals surface area contributed by atoms with Crippen molar-refractivity contribution in [2.75, 3.05) is 20.1 Å². The molecule has 1 saturated heterocycles. The highest BCUT2D eigenvalue weighted by atomic mass is 35.5. The zero-order valence-corrected chi connectivity index (χ0v) is 14.7. The SMILES string of the molecule is CC(c1cccc(C(F)(F)F)c1)N(C)C(=O)CCC1CCNC1.Cl. The van der Waals surface area contributed by atoms with Gasteiger partial charge in [0.05, 0.1) is 11.6 Å². The van der Waals surface area contributed by atoms with E-state index in [-0.39, 0.29) is 24.4 Å². The fourth-order valence-electron chi connectivity index (χ4n) is 2.88. The summed E-state index contributed by atoms with van der Waals surface area (Å²) in [5, 5.41) is 3.26. The van der Waals surface area contributed by atoms with Gasteiger partial charge in [-0.05, 0) is 56.5 Å². The lowest BCUT2D eigenvalue weighted by atomic mass is 10.0. The first-order chi connectivity index (χ1) is 10.8. The third-order valence-electron chi connectivity index (χ3n) is 4.60. The van der Waals surface area contributed by atoms with Gasteiger partial charge in [-0.3, -0.25) is 4.79 Å². The van der Waals surface area contributed by atoms with Crippen molar-refractivity contribution >= 4 is 18.3 Å². The van der Waals surface area contributed by atoms with E-state index >= 15 is 0 Å². The first-order valence-corrected chi connectivity index (χ1v) is 7.92. The summed E-state index contributed by atoms with van der Waals surface area (Å²) in [6, 6.07) is 4.80. The van der Waals surface area contributed by atoms with E-state index in [2.05, 4.69) is 5.32 Å². The predicted molar refractivity (Wildman–Crippen MR) is 90.1 cm³/mol. The minimum Gasteiger partial charge on any atom is -0.339 e. The van der Waals surface area contributed by atoms with Crippen LogP contribution in [0.4, 0.5) is 13.2 Å². The van der Waals surface area contributed by atoms with Crippen LogP contribution in [0.2, 0.25) is 0 Å². The van der Waals surface area contributed by atoms with E-state index in [4.69, 9.17) is 0 Å². The average molecular weight is 365 g/mol. The number of benzene rings is 1. The molecule has 1 aromatic carbocycles. The summed E-state index contributed by atoms with van der Waals surface area (Å²) in [5.74, 6) is 0.498. The van der Waals surface area contributed by atoms with Crippen LogP contribution in [0.25, 0.3) is 0 Å². The second kappa shape index (κ2) is 8.72. The fourth-order valence-corrected chi connectivity index (χ4v) is 2.88. The van der Waals surface area contributed by atoms with E-state index in [1.54, 1.807) is 20.0 Å². The molecule has 1 fully saturated rings. The van der Waals surface area contributed by atoms with Crippen LogP contribution in [0.15, 0.2) is 24.3 Å². The number of halogens is 4. The number of carbonyl (C=O) groups is 1. The second-order valence-corrected chi connectivity index (χ2v) is 6.20. The van der Waals surface area contributed by atoms with Gasteiger partial charge in [0.25, 0.3) is 0 Å². The van der Waals surface area contributed by atoms with E-state index < -0.39 is 11.7 Å². The minimum atomic E-state index is -4.37. The molecular weight excluding hydrogens is 341 g/mol. The van der Waals surface area contributed by atoms with Crippen molar-refractivity contribution in [1.82, 2.24) is 10.2 Å². The summed E-state index contributed by atoms with van der Waals surface area (Å²) in [4.78, 5) is 13.8. The minimum absolute atomic E-state index is 0. The fraction of sp³-hybridized carbons (Fsp3) is 0.588. The van der Waals surface area contributed by atoms with E-state index in [1.807, 2.05) is 0 Å². The van der Waals surface area contributed by atoms with Crippen LogP contribution in [-0.2, 0) is 11.0 Å². The number of hydrogen-bond acceptors (Lipinski definition) is 2.